The monoisotopic (exact) mass is 387 g/mol. The first kappa shape index (κ1) is 18.4. The van der Waals surface area contributed by atoms with Crippen molar-refractivity contribution in [2.24, 2.45) is 0 Å². The number of hydrogen-bond acceptors (Lipinski definition) is 6. The van der Waals surface area contributed by atoms with Gasteiger partial charge in [0.15, 0.2) is 17.3 Å². The van der Waals surface area contributed by atoms with Gasteiger partial charge in [0, 0.05) is 18.2 Å². The van der Waals surface area contributed by atoms with Gasteiger partial charge in [-0.3, -0.25) is 14.9 Å². The maximum Gasteiger partial charge on any atom is 0.270 e. The zero-order chi connectivity index (χ0) is 19.6. The Morgan fingerprint density at radius 1 is 1.22 bits per heavy atom. The summed E-state index contributed by atoms with van der Waals surface area (Å²) < 4.78 is 10.4. The second-order valence-electron chi connectivity index (χ2n) is 5.48. The molecular weight excluding hydrogens is 374 g/mol. The molecule has 0 aliphatic heterocycles. The molecule has 0 unspecified atom stereocenters. The van der Waals surface area contributed by atoms with Gasteiger partial charge in [0.25, 0.3) is 11.2 Å². The summed E-state index contributed by atoms with van der Waals surface area (Å²) in [6.07, 6.45) is 1.49. The summed E-state index contributed by atoms with van der Waals surface area (Å²) in [4.78, 5) is 29.7. The maximum atomic E-state index is 12.4. The van der Waals surface area contributed by atoms with E-state index in [1.165, 1.54) is 38.5 Å². The van der Waals surface area contributed by atoms with Crippen molar-refractivity contribution < 1.29 is 14.4 Å². The second kappa shape index (κ2) is 7.46. The number of nitro groups is 1. The maximum absolute atomic E-state index is 12.4. The van der Waals surface area contributed by atoms with Gasteiger partial charge in [-0.1, -0.05) is 23.7 Å². The first-order valence-electron chi connectivity index (χ1n) is 7.71. The lowest BCUT2D eigenvalue weighted by atomic mass is 10.2. The molecule has 0 aliphatic carbocycles. The van der Waals surface area contributed by atoms with Crippen LogP contribution in [-0.4, -0.2) is 29.1 Å². The molecule has 0 fully saturated rings. The van der Waals surface area contributed by atoms with Crippen LogP contribution in [-0.2, 0) is 0 Å². The van der Waals surface area contributed by atoms with Crippen LogP contribution in [0, 0.1) is 10.1 Å². The molecule has 0 atom stereocenters. The smallest absolute Gasteiger partial charge is 0.270 e. The molecule has 0 aliphatic rings. The number of non-ortho nitro benzene ring substituents is 1. The third-order valence-corrected chi connectivity index (χ3v) is 4.10. The number of hydrogen-bond donors (Lipinski definition) is 1. The minimum atomic E-state index is -0.499. The summed E-state index contributed by atoms with van der Waals surface area (Å²) in [5, 5.41) is 11.3. The lowest BCUT2D eigenvalue weighted by molar-refractivity contribution is -0.384. The molecule has 0 saturated carbocycles. The van der Waals surface area contributed by atoms with Gasteiger partial charge in [0.05, 0.1) is 35.1 Å². The fraction of sp³-hybridized carbons (Fsp3) is 0.111. The molecule has 138 valence electrons. The van der Waals surface area contributed by atoms with Crippen LogP contribution in [0.1, 0.15) is 11.4 Å². The molecule has 8 nitrogen and oxygen atoms in total. The molecule has 9 heteroatoms. The molecular formula is C18H14ClN3O5. The van der Waals surface area contributed by atoms with Crippen molar-refractivity contribution >= 4 is 39.3 Å². The molecule has 3 rings (SSSR count). The van der Waals surface area contributed by atoms with Crippen LogP contribution in [0.2, 0.25) is 0 Å². The minimum absolute atomic E-state index is 0.0648. The molecule has 1 aromatic heterocycles. The molecule has 3 aromatic rings. The first-order chi connectivity index (χ1) is 12.9. The number of rotatable bonds is 5. The molecule has 1 heterocycles. The quantitative estimate of drug-likeness (QED) is 0.529. The van der Waals surface area contributed by atoms with Gasteiger partial charge < -0.3 is 14.5 Å². The molecule has 0 radical (unpaired) electrons. The predicted molar refractivity (Wildman–Crippen MR) is 102 cm³/mol. The fourth-order valence-electron chi connectivity index (χ4n) is 2.52. The third kappa shape index (κ3) is 3.75. The highest BCUT2D eigenvalue weighted by atomic mass is 35.5. The van der Waals surface area contributed by atoms with Crippen LogP contribution >= 0.6 is 11.6 Å². The van der Waals surface area contributed by atoms with Gasteiger partial charge in [-0.15, -0.1) is 0 Å². The molecule has 0 spiro atoms. The van der Waals surface area contributed by atoms with Gasteiger partial charge in [-0.25, -0.2) is 4.98 Å². The second-order valence-corrected chi connectivity index (χ2v) is 5.89. The first-order valence-corrected chi connectivity index (χ1v) is 8.09. The number of benzene rings is 2. The lowest BCUT2D eigenvalue weighted by Crippen LogP contribution is -2.11. The highest BCUT2D eigenvalue weighted by Gasteiger charge is 2.13. The summed E-state index contributed by atoms with van der Waals surface area (Å²) in [6, 6.07) is 9.05. The minimum Gasteiger partial charge on any atom is -0.493 e. The van der Waals surface area contributed by atoms with Crippen LogP contribution in [0.15, 0.2) is 41.2 Å². The van der Waals surface area contributed by atoms with Crippen LogP contribution in [0.5, 0.6) is 11.5 Å². The van der Waals surface area contributed by atoms with Crippen LogP contribution in [0.3, 0.4) is 0 Å². The van der Waals surface area contributed by atoms with Crippen molar-refractivity contribution in [3.05, 3.63) is 68.3 Å². The molecule has 0 saturated heterocycles. The Balaban J connectivity index is 2.09. The van der Waals surface area contributed by atoms with E-state index >= 15 is 0 Å². The number of ether oxygens (including phenoxy) is 2. The van der Waals surface area contributed by atoms with Gasteiger partial charge in [0.2, 0.25) is 0 Å². The fourth-order valence-corrected chi connectivity index (χ4v) is 2.74. The number of aromatic nitrogens is 2. The number of methoxy groups -OCH3 is 2. The van der Waals surface area contributed by atoms with Gasteiger partial charge in [-0.2, -0.15) is 0 Å². The van der Waals surface area contributed by atoms with E-state index in [4.69, 9.17) is 21.1 Å². The van der Waals surface area contributed by atoms with Crippen LogP contribution in [0.25, 0.3) is 22.0 Å². The molecule has 27 heavy (non-hydrogen) atoms. The van der Waals surface area contributed by atoms with Crippen LogP contribution < -0.4 is 15.0 Å². The third-order valence-electron chi connectivity index (χ3n) is 3.81. The van der Waals surface area contributed by atoms with Crippen molar-refractivity contribution in [3.8, 4) is 11.5 Å². The zero-order valence-corrected chi connectivity index (χ0v) is 15.1. The van der Waals surface area contributed by atoms with Crippen molar-refractivity contribution in [2.45, 2.75) is 0 Å². The normalized spacial score (nSPS) is 11.4. The SMILES string of the molecule is COc1cc2nc(/C(Cl)=C/c3cccc([N+](=O)[O-])c3)[nH]c(=O)c2cc1OC. The van der Waals surface area contributed by atoms with E-state index in [1.807, 2.05) is 0 Å². The molecule has 0 amide bonds. The summed E-state index contributed by atoms with van der Waals surface area (Å²) in [5.74, 6) is 0.962. The van der Waals surface area contributed by atoms with E-state index < -0.39 is 10.5 Å². The van der Waals surface area contributed by atoms with Crippen molar-refractivity contribution in [1.29, 1.82) is 0 Å². The average Bonchev–Trinajstić information content (AvgIpc) is 2.67. The number of aromatic amines is 1. The van der Waals surface area contributed by atoms with E-state index in [-0.39, 0.29) is 16.5 Å². The Kier molecular flexibility index (Phi) is 5.09. The van der Waals surface area contributed by atoms with E-state index in [0.29, 0.717) is 28.0 Å². The molecule has 0 bridgehead atoms. The Hall–Kier alpha value is -3.39. The predicted octanol–water partition coefficient (Wildman–Crippen LogP) is 3.59. The van der Waals surface area contributed by atoms with Gasteiger partial charge in [-0.05, 0) is 17.7 Å². The van der Waals surface area contributed by atoms with E-state index in [2.05, 4.69) is 9.97 Å². The lowest BCUT2D eigenvalue weighted by Gasteiger charge is -2.09. The Morgan fingerprint density at radius 2 is 1.93 bits per heavy atom. The Morgan fingerprint density at radius 3 is 2.59 bits per heavy atom. The molecule has 2 aromatic carbocycles. The van der Waals surface area contributed by atoms with E-state index in [0.717, 1.165) is 0 Å². The highest BCUT2D eigenvalue weighted by Crippen LogP contribution is 2.30. The van der Waals surface area contributed by atoms with Crippen LogP contribution in [0.4, 0.5) is 5.69 Å². The summed E-state index contributed by atoms with van der Waals surface area (Å²) in [6.45, 7) is 0. The van der Waals surface area contributed by atoms with E-state index in [1.54, 1.807) is 18.2 Å². The summed E-state index contributed by atoms with van der Waals surface area (Å²) in [5.41, 5.74) is 0.410. The van der Waals surface area contributed by atoms with Crippen molar-refractivity contribution in [2.75, 3.05) is 14.2 Å². The van der Waals surface area contributed by atoms with Crippen molar-refractivity contribution in [1.82, 2.24) is 9.97 Å². The number of fused-ring (bicyclic) bond motifs is 1. The number of H-pyrrole nitrogens is 1. The Bertz CT molecular complexity index is 1120. The zero-order valence-electron chi connectivity index (χ0n) is 14.4. The standard InChI is InChI=1S/C18H14ClN3O5/c1-26-15-8-12-14(9-16(15)27-2)20-17(21-18(12)23)13(19)7-10-4-3-5-11(6-10)22(24)25/h3-9H,1-2H3,(H,20,21,23)/b13-7-. The van der Waals surface area contributed by atoms with Gasteiger partial charge >= 0.3 is 0 Å². The number of nitrogens with one attached hydrogen (secondary N) is 1. The number of halogens is 1. The van der Waals surface area contributed by atoms with E-state index in [9.17, 15) is 14.9 Å². The largest absolute Gasteiger partial charge is 0.493 e. The number of nitro benzene ring substituents is 1. The topological polar surface area (TPSA) is 107 Å². The number of nitrogens with zero attached hydrogens (tertiary/aromatic N) is 2. The van der Waals surface area contributed by atoms with Gasteiger partial charge in [0.1, 0.15) is 0 Å². The Labute approximate surface area is 158 Å². The molecule has 1 N–H and O–H groups in total. The van der Waals surface area contributed by atoms with Crippen molar-refractivity contribution in [3.63, 3.8) is 0 Å². The average molecular weight is 388 g/mol. The highest BCUT2D eigenvalue weighted by molar-refractivity contribution is 6.50. The summed E-state index contributed by atoms with van der Waals surface area (Å²) in [7, 11) is 2.95. The summed E-state index contributed by atoms with van der Waals surface area (Å²) >= 11 is 6.28.